The maximum absolute atomic E-state index is 12.8. The zero-order chi connectivity index (χ0) is 16.5. The number of carbonyl (C=O) groups excluding carboxylic acids is 2. The number of esters is 1. The number of hydrogen-bond acceptors (Lipinski definition) is 3. The van der Waals surface area contributed by atoms with Gasteiger partial charge in [0.1, 0.15) is 6.10 Å². The van der Waals surface area contributed by atoms with Crippen molar-refractivity contribution in [3.05, 3.63) is 27.2 Å². The Kier molecular flexibility index (Phi) is 3.78. The first-order valence-electron chi connectivity index (χ1n) is 7.49. The summed E-state index contributed by atoms with van der Waals surface area (Å²) in [4.78, 5) is 25.0. The summed E-state index contributed by atoms with van der Waals surface area (Å²) in [6.45, 7) is 1.91. The van der Waals surface area contributed by atoms with E-state index < -0.39 is 0 Å². The molecule has 23 heavy (non-hydrogen) atoms. The molecule has 1 aromatic carbocycles. The van der Waals surface area contributed by atoms with Crippen LogP contribution in [0.3, 0.4) is 0 Å². The molecule has 0 aromatic heterocycles. The van der Waals surface area contributed by atoms with Gasteiger partial charge >= 0.3 is 5.97 Å². The molecule has 0 spiro atoms. The Bertz CT molecular complexity index is 726. The fourth-order valence-corrected chi connectivity index (χ4v) is 5.99. The second-order valence-corrected chi connectivity index (χ2v) is 8.85. The number of alkyl halides is 1. The van der Waals surface area contributed by atoms with Gasteiger partial charge in [0, 0.05) is 16.1 Å². The van der Waals surface area contributed by atoms with Crippen molar-refractivity contribution in [2.75, 3.05) is 5.32 Å². The minimum absolute atomic E-state index is 0.0644. The number of rotatable bonds is 2. The molecule has 6 atom stereocenters. The van der Waals surface area contributed by atoms with E-state index in [1.165, 1.54) is 0 Å². The maximum Gasteiger partial charge on any atom is 0.310 e. The van der Waals surface area contributed by atoms with E-state index in [0.717, 1.165) is 16.5 Å². The van der Waals surface area contributed by atoms with Crippen LogP contribution in [0.4, 0.5) is 5.69 Å². The molecule has 122 valence electrons. The lowest BCUT2D eigenvalue weighted by atomic mass is 9.79. The van der Waals surface area contributed by atoms with Gasteiger partial charge in [-0.3, -0.25) is 9.59 Å². The van der Waals surface area contributed by atoms with Gasteiger partial charge < -0.3 is 10.1 Å². The van der Waals surface area contributed by atoms with Crippen molar-refractivity contribution in [1.29, 1.82) is 0 Å². The van der Waals surface area contributed by atoms with Crippen molar-refractivity contribution in [3.8, 4) is 0 Å². The van der Waals surface area contributed by atoms with Crippen LogP contribution < -0.4 is 5.32 Å². The van der Waals surface area contributed by atoms with E-state index >= 15 is 0 Å². The van der Waals surface area contributed by atoms with Gasteiger partial charge in [0.15, 0.2) is 0 Å². The molecule has 1 saturated heterocycles. The van der Waals surface area contributed by atoms with Crippen molar-refractivity contribution in [2.24, 2.45) is 23.7 Å². The fraction of sp³-hybridized carbons (Fsp3) is 0.500. The Morgan fingerprint density at radius 1 is 1.39 bits per heavy atom. The Hall–Kier alpha value is -0.590. The highest BCUT2D eigenvalue weighted by Gasteiger charge is 2.67. The number of amides is 1. The number of benzene rings is 1. The average Bonchev–Trinajstić information content (AvgIpc) is 3.08. The molecule has 2 bridgehead atoms. The first-order valence-corrected chi connectivity index (χ1v) is 9.58. The average molecular weight is 464 g/mol. The standard InChI is InChI=1S/C16H14Br2ClNO3/c1-5-2-8(17)9(19)4-10(5)20-15(21)11-6-3-7-12(11)16(22)23-14(7)13(6)18/h2,4,6-7,11-14H,3H2,1H3,(H,20,21)/t6-,7-,11-,12+,13-,14+/m1/s1. The summed E-state index contributed by atoms with van der Waals surface area (Å²) < 4.78 is 6.24. The van der Waals surface area contributed by atoms with Crippen LogP contribution in [0.25, 0.3) is 0 Å². The number of anilines is 1. The Labute approximate surface area is 155 Å². The van der Waals surface area contributed by atoms with E-state index in [2.05, 4.69) is 37.2 Å². The SMILES string of the molecule is Cc1cc(Br)c(Cl)cc1NC(=O)[C@@H]1[C@H]2C[C@H]3[C@H](OC(=O)[C@@H]31)[C@@H]2Br. The van der Waals surface area contributed by atoms with Crippen LogP contribution in [0.5, 0.6) is 0 Å². The molecule has 4 rings (SSSR count). The van der Waals surface area contributed by atoms with Gasteiger partial charge in [-0.15, -0.1) is 0 Å². The predicted molar refractivity (Wildman–Crippen MR) is 93.7 cm³/mol. The summed E-state index contributed by atoms with van der Waals surface area (Å²) in [6.07, 6.45) is 0.806. The van der Waals surface area contributed by atoms with Gasteiger partial charge in [-0.1, -0.05) is 27.5 Å². The van der Waals surface area contributed by atoms with E-state index in [9.17, 15) is 9.59 Å². The molecule has 1 heterocycles. The van der Waals surface area contributed by atoms with E-state index in [1.54, 1.807) is 6.07 Å². The van der Waals surface area contributed by atoms with Crippen LogP contribution in [0.1, 0.15) is 12.0 Å². The Morgan fingerprint density at radius 2 is 2.13 bits per heavy atom. The first-order chi connectivity index (χ1) is 10.9. The Morgan fingerprint density at radius 3 is 2.87 bits per heavy atom. The van der Waals surface area contributed by atoms with Crippen molar-refractivity contribution < 1.29 is 14.3 Å². The van der Waals surface area contributed by atoms with Crippen molar-refractivity contribution >= 4 is 61.0 Å². The summed E-state index contributed by atoms with van der Waals surface area (Å²) in [7, 11) is 0. The van der Waals surface area contributed by atoms with Crippen LogP contribution in [-0.4, -0.2) is 22.8 Å². The summed E-state index contributed by atoms with van der Waals surface area (Å²) in [6, 6.07) is 3.60. The van der Waals surface area contributed by atoms with Gasteiger partial charge in [0.05, 0.1) is 21.7 Å². The minimum atomic E-state index is -0.336. The molecule has 3 aliphatic rings. The number of fused-ring (bicyclic) bond motifs is 1. The van der Waals surface area contributed by atoms with Gasteiger partial charge in [0.25, 0.3) is 0 Å². The fourth-order valence-electron chi connectivity index (χ4n) is 4.33. The molecule has 4 nitrogen and oxygen atoms in total. The van der Waals surface area contributed by atoms with Crippen molar-refractivity contribution in [1.82, 2.24) is 0 Å². The van der Waals surface area contributed by atoms with Gasteiger partial charge in [-0.05, 0) is 52.9 Å². The van der Waals surface area contributed by atoms with Crippen LogP contribution in [0.15, 0.2) is 16.6 Å². The summed E-state index contributed by atoms with van der Waals surface area (Å²) >= 11 is 13.1. The van der Waals surface area contributed by atoms with Crippen molar-refractivity contribution in [2.45, 2.75) is 24.3 Å². The molecule has 2 aliphatic carbocycles. The zero-order valence-corrected chi connectivity index (χ0v) is 16.1. The predicted octanol–water partition coefficient (Wildman–Crippen LogP) is 3.92. The first kappa shape index (κ1) is 15.9. The number of nitrogens with one attached hydrogen (secondary N) is 1. The second kappa shape index (κ2) is 5.46. The number of aryl methyl sites for hydroxylation is 1. The highest BCUT2D eigenvalue weighted by atomic mass is 79.9. The molecule has 2 saturated carbocycles. The third kappa shape index (κ3) is 2.29. The van der Waals surface area contributed by atoms with Gasteiger partial charge in [-0.2, -0.15) is 0 Å². The lowest BCUT2D eigenvalue weighted by molar-refractivity contribution is -0.145. The molecule has 1 aliphatic heterocycles. The highest BCUT2D eigenvalue weighted by molar-refractivity contribution is 9.10. The second-order valence-electron chi connectivity index (χ2n) is 6.53. The minimum Gasteiger partial charge on any atom is -0.461 e. The largest absolute Gasteiger partial charge is 0.461 e. The molecular weight excluding hydrogens is 449 g/mol. The highest BCUT2D eigenvalue weighted by Crippen LogP contribution is 2.60. The smallest absolute Gasteiger partial charge is 0.310 e. The van der Waals surface area contributed by atoms with E-state index in [-0.39, 0.29) is 46.5 Å². The number of carbonyl (C=O) groups is 2. The van der Waals surface area contributed by atoms with Gasteiger partial charge in [0.2, 0.25) is 5.91 Å². The monoisotopic (exact) mass is 461 g/mol. The van der Waals surface area contributed by atoms with Crippen LogP contribution in [0.2, 0.25) is 5.02 Å². The van der Waals surface area contributed by atoms with Crippen molar-refractivity contribution in [3.63, 3.8) is 0 Å². The number of halogens is 3. The molecule has 1 aromatic rings. The van der Waals surface area contributed by atoms with E-state index in [0.29, 0.717) is 10.7 Å². The summed E-state index contributed by atoms with van der Waals surface area (Å²) in [5.41, 5.74) is 1.60. The zero-order valence-electron chi connectivity index (χ0n) is 12.2. The molecule has 0 radical (unpaired) electrons. The molecule has 1 amide bonds. The molecule has 3 fully saturated rings. The quantitative estimate of drug-likeness (QED) is 0.534. The summed E-state index contributed by atoms with van der Waals surface area (Å²) in [5, 5.41) is 3.50. The molecule has 0 unspecified atom stereocenters. The van der Waals surface area contributed by atoms with Gasteiger partial charge in [-0.25, -0.2) is 0 Å². The molecule has 7 heteroatoms. The third-order valence-electron chi connectivity index (χ3n) is 5.35. The number of ether oxygens (including phenoxy) is 1. The molecular formula is C16H14Br2ClNO3. The summed E-state index contributed by atoms with van der Waals surface area (Å²) in [5.74, 6) is -0.668. The normalized spacial score (nSPS) is 37.1. The molecule has 1 N–H and O–H groups in total. The van der Waals surface area contributed by atoms with Crippen LogP contribution >= 0.6 is 43.5 Å². The van der Waals surface area contributed by atoms with Crippen LogP contribution in [-0.2, 0) is 14.3 Å². The lowest BCUT2D eigenvalue weighted by Gasteiger charge is -2.27. The third-order valence-corrected chi connectivity index (χ3v) is 7.75. The van der Waals surface area contributed by atoms with Crippen LogP contribution in [0, 0.1) is 30.6 Å². The lowest BCUT2D eigenvalue weighted by Crippen LogP contribution is -2.40. The number of hydrogen-bond donors (Lipinski definition) is 1. The van der Waals surface area contributed by atoms with E-state index in [1.807, 2.05) is 13.0 Å². The van der Waals surface area contributed by atoms with E-state index in [4.69, 9.17) is 16.3 Å². The maximum atomic E-state index is 12.8. The topological polar surface area (TPSA) is 55.4 Å². The Balaban J connectivity index is 1.61.